The highest BCUT2D eigenvalue weighted by atomic mass is 16.6. The van der Waals surface area contributed by atoms with Crippen molar-refractivity contribution in [3.63, 3.8) is 0 Å². The summed E-state index contributed by atoms with van der Waals surface area (Å²) >= 11 is 0. The van der Waals surface area contributed by atoms with E-state index in [0.717, 1.165) is 0 Å². The third-order valence-electron chi connectivity index (χ3n) is 2.17. The maximum absolute atomic E-state index is 9.11. The van der Waals surface area contributed by atoms with E-state index in [1.54, 1.807) is 0 Å². The molecule has 0 radical (unpaired) electrons. The Morgan fingerprint density at radius 2 is 2.08 bits per heavy atom. The molecular formula is C7H11N3O3. The van der Waals surface area contributed by atoms with Crippen molar-refractivity contribution in [3.05, 3.63) is 12.4 Å². The fraction of sp³-hybridized carbons (Fsp3) is 0.714. The Bertz CT molecular complexity index is 269. The van der Waals surface area contributed by atoms with Crippen molar-refractivity contribution in [2.45, 2.75) is 18.2 Å². The van der Waals surface area contributed by atoms with Gasteiger partial charge in [0.2, 0.25) is 5.72 Å². The summed E-state index contributed by atoms with van der Waals surface area (Å²) in [6.45, 7) is -0.221. The zero-order valence-electron chi connectivity index (χ0n) is 7.00. The van der Waals surface area contributed by atoms with Gasteiger partial charge in [0.05, 0.1) is 31.7 Å². The van der Waals surface area contributed by atoms with Crippen molar-refractivity contribution in [3.8, 4) is 0 Å². The van der Waals surface area contributed by atoms with Gasteiger partial charge in [-0.05, 0) is 0 Å². The number of nitrogens with zero attached hydrogens (tertiary/aromatic N) is 3. The van der Waals surface area contributed by atoms with Gasteiger partial charge in [0, 0.05) is 6.42 Å². The second-order valence-corrected chi connectivity index (χ2v) is 3.05. The first-order valence-corrected chi connectivity index (χ1v) is 4.07. The molecule has 2 N–H and O–H groups in total. The number of hydrogen-bond donors (Lipinski definition) is 2. The molecule has 0 aromatic carbocycles. The van der Waals surface area contributed by atoms with E-state index >= 15 is 0 Å². The predicted octanol–water partition coefficient (Wildman–Crippen LogP) is -1.30. The van der Waals surface area contributed by atoms with E-state index < -0.39 is 5.72 Å². The minimum Gasteiger partial charge on any atom is -0.394 e. The molecule has 2 rings (SSSR count). The van der Waals surface area contributed by atoms with Gasteiger partial charge in [-0.25, -0.2) is 0 Å². The summed E-state index contributed by atoms with van der Waals surface area (Å²) in [5.41, 5.74) is -0.850. The molecule has 1 saturated heterocycles. The maximum atomic E-state index is 9.11. The molecule has 1 aromatic heterocycles. The van der Waals surface area contributed by atoms with Crippen LogP contribution >= 0.6 is 0 Å². The van der Waals surface area contributed by atoms with Crippen molar-refractivity contribution < 1.29 is 14.9 Å². The summed E-state index contributed by atoms with van der Waals surface area (Å²) in [6, 6.07) is 0. The van der Waals surface area contributed by atoms with Gasteiger partial charge in [-0.2, -0.15) is 10.2 Å². The normalized spacial score (nSPS) is 32.9. The lowest BCUT2D eigenvalue weighted by atomic mass is 10.00. The van der Waals surface area contributed by atoms with Crippen LogP contribution in [0.25, 0.3) is 0 Å². The highest BCUT2D eigenvalue weighted by Crippen LogP contribution is 2.35. The first-order valence-electron chi connectivity index (χ1n) is 4.07. The van der Waals surface area contributed by atoms with Gasteiger partial charge in [0.1, 0.15) is 0 Å². The van der Waals surface area contributed by atoms with E-state index in [2.05, 4.69) is 10.2 Å². The topological polar surface area (TPSA) is 80.4 Å². The molecule has 2 unspecified atom stereocenters. The first-order chi connectivity index (χ1) is 6.30. The minimum atomic E-state index is -0.850. The summed E-state index contributed by atoms with van der Waals surface area (Å²) < 4.78 is 5.31. The van der Waals surface area contributed by atoms with Crippen molar-refractivity contribution >= 4 is 0 Å². The van der Waals surface area contributed by atoms with E-state index in [4.69, 9.17) is 14.9 Å². The summed E-state index contributed by atoms with van der Waals surface area (Å²) in [5, 5.41) is 25.6. The number of hydrogen-bond acceptors (Lipinski definition) is 5. The summed E-state index contributed by atoms with van der Waals surface area (Å²) in [5.74, 6) is 0. The predicted molar refractivity (Wildman–Crippen MR) is 41.7 cm³/mol. The fourth-order valence-corrected chi connectivity index (χ4v) is 1.48. The third-order valence-corrected chi connectivity index (χ3v) is 2.17. The zero-order valence-corrected chi connectivity index (χ0v) is 7.00. The van der Waals surface area contributed by atoms with E-state index in [1.165, 1.54) is 17.2 Å². The van der Waals surface area contributed by atoms with Gasteiger partial charge in [-0.3, -0.25) is 0 Å². The molecule has 6 nitrogen and oxygen atoms in total. The van der Waals surface area contributed by atoms with Crippen LogP contribution in [-0.4, -0.2) is 44.5 Å². The lowest BCUT2D eigenvalue weighted by molar-refractivity contribution is -0.290. The lowest BCUT2D eigenvalue weighted by Gasteiger charge is -2.44. The van der Waals surface area contributed by atoms with E-state index in [-0.39, 0.29) is 19.3 Å². The minimum absolute atomic E-state index is 0.0387. The molecule has 13 heavy (non-hydrogen) atoms. The Labute approximate surface area is 74.7 Å². The van der Waals surface area contributed by atoms with Crippen LogP contribution in [0.5, 0.6) is 0 Å². The molecule has 2 atom stereocenters. The first kappa shape index (κ1) is 8.61. The van der Waals surface area contributed by atoms with Crippen LogP contribution in [0.15, 0.2) is 12.4 Å². The number of aliphatic hydroxyl groups is 2. The number of aromatic nitrogens is 3. The molecule has 0 bridgehead atoms. The van der Waals surface area contributed by atoms with Gasteiger partial charge in [0.15, 0.2) is 0 Å². The van der Waals surface area contributed by atoms with E-state index in [0.29, 0.717) is 6.42 Å². The zero-order chi connectivity index (χ0) is 9.31. The Balaban J connectivity index is 2.12. The molecule has 0 aliphatic carbocycles. The smallest absolute Gasteiger partial charge is 0.205 e. The molecule has 1 aliphatic rings. The van der Waals surface area contributed by atoms with Crippen molar-refractivity contribution in [1.82, 2.24) is 15.0 Å². The van der Waals surface area contributed by atoms with Crippen LogP contribution in [0.2, 0.25) is 0 Å². The van der Waals surface area contributed by atoms with Crippen LogP contribution in [0.3, 0.4) is 0 Å². The third kappa shape index (κ3) is 1.23. The standard InChI is InChI=1S/C7H11N3O3/c11-4-6-3-7(5-12,13-6)10-8-1-2-9-10/h1-2,6,11-12H,3-5H2. The van der Waals surface area contributed by atoms with Crippen LogP contribution < -0.4 is 0 Å². The molecule has 2 heterocycles. The SMILES string of the molecule is OCC1CC(CO)(n2nccn2)O1. The van der Waals surface area contributed by atoms with Crippen LogP contribution in [0.1, 0.15) is 6.42 Å². The van der Waals surface area contributed by atoms with Crippen LogP contribution in [-0.2, 0) is 10.5 Å². The number of aliphatic hydroxyl groups excluding tert-OH is 2. The highest BCUT2D eigenvalue weighted by molar-refractivity contribution is 4.87. The molecule has 0 saturated carbocycles. The Morgan fingerprint density at radius 1 is 1.46 bits per heavy atom. The Morgan fingerprint density at radius 3 is 2.54 bits per heavy atom. The molecule has 1 fully saturated rings. The molecular weight excluding hydrogens is 174 g/mol. The fourth-order valence-electron chi connectivity index (χ4n) is 1.48. The summed E-state index contributed by atoms with van der Waals surface area (Å²) in [6.07, 6.45) is 3.37. The second-order valence-electron chi connectivity index (χ2n) is 3.05. The van der Waals surface area contributed by atoms with Gasteiger partial charge in [0.25, 0.3) is 0 Å². The van der Waals surface area contributed by atoms with Crippen LogP contribution in [0.4, 0.5) is 0 Å². The molecule has 72 valence electrons. The molecule has 6 heteroatoms. The molecule has 1 aliphatic heterocycles. The van der Waals surface area contributed by atoms with Crippen LogP contribution in [0, 0.1) is 0 Å². The van der Waals surface area contributed by atoms with Gasteiger partial charge >= 0.3 is 0 Å². The second kappa shape index (κ2) is 3.06. The Kier molecular flexibility index (Phi) is 2.03. The quantitative estimate of drug-likeness (QED) is 0.612. The largest absolute Gasteiger partial charge is 0.394 e. The number of ether oxygens (including phenoxy) is 1. The molecule has 1 aromatic rings. The van der Waals surface area contributed by atoms with Crippen molar-refractivity contribution in [2.75, 3.05) is 13.2 Å². The van der Waals surface area contributed by atoms with Gasteiger partial charge < -0.3 is 14.9 Å². The number of rotatable bonds is 3. The van der Waals surface area contributed by atoms with E-state index in [9.17, 15) is 0 Å². The van der Waals surface area contributed by atoms with Crippen molar-refractivity contribution in [2.24, 2.45) is 0 Å². The van der Waals surface area contributed by atoms with E-state index in [1.807, 2.05) is 0 Å². The van der Waals surface area contributed by atoms with Gasteiger partial charge in [-0.15, -0.1) is 4.80 Å². The summed E-state index contributed by atoms with van der Waals surface area (Å²) in [7, 11) is 0. The average molecular weight is 185 g/mol. The highest BCUT2D eigenvalue weighted by Gasteiger charge is 2.48. The van der Waals surface area contributed by atoms with Crippen molar-refractivity contribution in [1.29, 1.82) is 0 Å². The monoisotopic (exact) mass is 185 g/mol. The molecule has 0 amide bonds. The summed E-state index contributed by atoms with van der Waals surface area (Å²) in [4.78, 5) is 1.33. The lowest BCUT2D eigenvalue weighted by Crippen LogP contribution is -2.56. The average Bonchev–Trinajstić information content (AvgIpc) is 2.57. The Hall–Kier alpha value is -0.980. The molecule has 0 spiro atoms. The maximum Gasteiger partial charge on any atom is 0.205 e. The van der Waals surface area contributed by atoms with Gasteiger partial charge in [-0.1, -0.05) is 0 Å².